The summed E-state index contributed by atoms with van der Waals surface area (Å²) in [6.45, 7) is 2.08. The molecule has 0 bridgehead atoms. The Labute approximate surface area is 116 Å². The van der Waals surface area contributed by atoms with Crippen LogP contribution in [0.4, 0.5) is 10.7 Å². The summed E-state index contributed by atoms with van der Waals surface area (Å²) in [5.74, 6) is -0.439. The number of hydrogen-bond donors (Lipinski definition) is 1. The second kappa shape index (κ2) is 5.49. The van der Waals surface area contributed by atoms with Crippen molar-refractivity contribution in [1.29, 1.82) is 0 Å². The van der Waals surface area contributed by atoms with Crippen molar-refractivity contribution in [3.8, 4) is 0 Å². The molecule has 2 heterocycles. The van der Waals surface area contributed by atoms with Gasteiger partial charge >= 0.3 is 5.97 Å². The Morgan fingerprint density at radius 3 is 3.06 bits per heavy atom. The molecule has 0 radical (unpaired) electrons. The second-order valence-electron chi connectivity index (χ2n) is 3.39. The van der Waals surface area contributed by atoms with Gasteiger partial charge < -0.3 is 10.1 Å². The van der Waals surface area contributed by atoms with Gasteiger partial charge in [0.25, 0.3) is 0 Å². The molecule has 0 saturated carbocycles. The maximum absolute atomic E-state index is 11.7. The first kappa shape index (κ1) is 13.0. The summed E-state index contributed by atoms with van der Waals surface area (Å²) in [6.07, 6.45) is 3.48. The molecule has 0 aliphatic heterocycles. The minimum Gasteiger partial charge on any atom is -0.461 e. The second-order valence-corrected chi connectivity index (χ2v) is 5.67. The van der Waals surface area contributed by atoms with Crippen molar-refractivity contribution in [2.24, 2.45) is 7.05 Å². The number of aromatic nitrogens is 3. The van der Waals surface area contributed by atoms with Crippen LogP contribution in [0.25, 0.3) is 0 Å². The molecule has 18 heavy (non-hydrogen) atoms. The molecule has 0 unspecified atom stereocenters. The monoisotopic (exact) mass is 330 g/mol. The highest BCUT2D eigenvalue weighted by atomic mass is 79.9. The lowest BCUT2D eigenvalue weighted by atomic mass is 10.4. The molecule has 2 aromatic heterocycles. The van der Waals surface area contributed by atoms with Crippen LogP contribution in [0.5, 0.6) is 0 Å². The van der Waals surface area contributed by atoms with Gasteiger partial charge in [0, 0.05) is 13.2 Å². The zero-order valence-corrected chi connectivity index (χ0v) is 12.2. The molecule has 0 aliphatic carbocycles. The SMILES string of the molecule is CCOC(=O)c1nc(Br)sc1Nc1cnn(C)c1. The normalized spacial score (nSPS) is 10.4. The molecule has 0 fully saturated rings. The molecule has 0 aromatic carbocycles. The highest BCUT2D eigenvalue weighted by Crippen LogP contribution is 2.31. The summed E-state index contributed by atoms with van der Waals surface area (Å²) < 4.78 is 7.24. The molecule has 0 amide bonds. The maximum atomic E-state index is 11.7. The summed E-state index contributed by atoms with van der Waals surface area (Å²) in [5, 5.41) is 7.77. The van der Waals surface area contributed by atoms with Gasteiger partial charge in [0.2, 0.25) is 0 Å². The number of anilines is 2. The van der Waals surface area contributed by atoms with Gasteiger partial charge in [-0.15, -0.1) is 0 Å². The van der Waals surface area contributed by atoms with Crippen LogP contribution in [0.3, 0.4) is 0 Å². The van der Waals surface area contributed by atoms with Gasteiger partial charge in [-0.2, -0.15) is 5.10 Å². The summed E-state index contributed by atoms with van der Waals surface area (Å²) in [6, 6.07) is 0. The predicted octanol–water partition coefficient (Wildman–Crippen LogP) is 2.56. The smallest absolute Gasteiger partial charge is 0.360 e. The Hall–Kier alpha value is -1.41. The minimum absolute atomic E-state index is 0.276. The number of ether oxygens (including phenoxy) is 1. The van der Waals surface area contributed by atoms with Gasteiger partial charge in [-0.3, -0.25) is 4.68 Å². The van der Waals surface area contributed by atoms with E-state index in [0.717, 1.165) is 5.69 Å². The minimum atomic E-state index is -0.439. The molecule has 1 N–H and O–H groups in total. The Morgan fingerprint density at radius 2 is 2.44 bits per heavy atom. The number of esters is 1. The molecular weight excluding hydrogens is 320 g/mol. The number of nitrogens with zero attached hydrogens (tertiary/aromatic N) is 3. The maximum Gasteiger partial charge on any atom is 0.360 e. The van der Waals surface area contributed by atoms with Crippen LogP contribution in [0.15, 0.2) is 16.3 Å². The number of rotatable bonds is 4. The van der Waals surface area contributed by atoms with E-state index in [9.17, 15) is 4.79 Å². The first-order valence-corrected chi connectivity index (χ1v) is 6.80. The number of carbonyl (C=O) groups excluding carboxylic acids is 1. The van der Waals surface area contributed by atoms with Crippen LogP contribution < -0.4 is 5.32 Å². The highest BCUT2D eigenvalue weighted by molar-refractivity contribution is 9.11. The van der Waals surface area contributed by atoms with Gasteiger partial charge in [-0.1, -0.05) is 11.3 Å². The molecule has 0 atom stereocenters. The van der Waals surface area contributed by atoms with Gasteiger partial charge in [-0.25, -0.2) is 9.78 Å². The van der Waals surface area contributed by atoms with Crippen molar-refractivity contribution in [3.05, 3.63) is 22.0 Å². The number of carbonyl (C=O) groups is 1. The Balaban J connectivity index is 2.24. The standard InChI is InChI=1S/C10H11BrN4O2S/c1-3-17-9(16)7-8(18-10(11)14-7)13-6-4-12-15(2)5-6/h4-5,13H,3H2,1-2H3. The fourth-order valence-electron chi connectivity index (χ4n) is 1.33. The molecule has 0 aliphatic rings. The third-order valence-corrected chi connectivity index (χ3v) is 3.45. The average molecular weight is 331 g/mol. The highest BCUT2D eigenvalue weighted by Gasteiger charge is 2.19. The third-order valence-electron chi connectivity index (χ3n) is 2.03. The summed E-state index contributed by atoms with van der Waals surface area (Å²) in [7, 11) is 1.82. The number of nitrogens with one attached hydrogen (secondary N) is 1. The summed E-state index contributed by atoms with van der Waals surface area (Å²) >= 11 is 4.59. The van der Waals surface area contributed by atoms with Crippen LogP contribution >= 0.6 is 27.3 Å². The van der Waals surface area contributed by atoms with Crippen LogP contribution in [0.1, 0.15) is 17.4 Å². The van der Waals surface area contributed by atoms with E-state index < -0.39 is 5.97 Å². The number of halogens is 1. The van der Waals surface area contributed by atoms with E-state index in [1.807, 2.05) is 13.2 Å². The van der Waals surface area contributed by atoms with Crippen LogP contribution in [0.2, 0.25) is 0 Å². The van der Waals surface area contributed by atoms with E-state index in [4.69, 9.17) is 4.74 Å². The van der Waals surface area contributed by atoms with E-state index in [-0.39, 0.29) is 5.69 Å². The van der Waals surface area contributed by atoms with Gasteiger partial charge in [0.15, 0.2) is 9.61 Å². The van der Waals surface area contributed by atoms with E-state index >= 15 is 0 Å². The number of thiazole rings is 1. The predicted molar refractivity (Wildman–Crippen MR) is 72.3 cm³/mol. The van der Waals surface area contributed by atoms with Crippen molar-refractivity contribution in [2.45, 2.75) is 6.92 Å². The van der Waals surface area contributed by atoms with Crippen molar-refractivity contribution < 1.29 is 9.53 Å². The molecule has 0 saturated heterocycles. The molecule has 96 valence electrons. The molecule has 6 nitrogen and oxygen atoms in total. The van der Waals surface area contributed by atoms with E-state index in [1.54, 1.807) is 17.8 Å². The Kier molecular flexibility index (Phi) is 3.97. The zero-order chi connectivity index (χ0) is 13.1. The lowest BCUT2D eigenvalue weighted by molar-refractivity contribution is 0.0521. The van der Waals surface area contributed by atoms with Crippen molar-refractivity contribution in [2.75, 3.05) is 11.9 Å². The van der Waals surface area contributed by atoms with E-state index in [1.165, 1.54) is 11.3 Å². The first-order valence-electron chi connectivity index (χ1n) is 5.19. The van der Waals surface area contributed by atoms with Crippen molar-refractivity contribution in [1.82, 2.24) is 14.8 Å². The van der Waals surface area contributed by atoms with Gasteiger partial charge in [0.1, 0.15) is 5.00 Å². The lowest BCUT2D eigenvalue weighted by Crippen LogP contribution is -2.07. The third kappa shape index (κ3) is 2.88. The summed E-state index contributed by atoms with van der Waals surface area (Å²) in [5.41, 5.74) is 1.07. The van der Waals surface area contributed by atoms with Gasteiger partial charge in [0.05, 0.1) is 18.5 Å². The number of hydrogen-bond acceptors (Lipinski definition) is 6. The quantitative estimate of drug-likeness (QED) is 0.872. The van der Waals surface area contributed by atoms with Crippen molar-refractivity contribution in [3.63, 3.8) is 0 Å². The fraction of sp³-hybridized carbons (Fsp3) is 0.300. The molecule has 2 rings (SSSR count). The first-order chi connectivity index (χ1) is 8.60. The number of aryl methyl sites for hydroxylation is 1. The fourth-order valence-corrected chi connectivity index (χ4v) is 2.70. The average Bonchev–Trinajstić information content (AvgIpc) is 2.86. The largest absolute Gasteiger partial charge is 0.461 e. The molecular formula is C10H11BrN4O2S. The molecule has 8 heteroatoms. The lowest BCUT2D eigenvalue weighted by Gasteiger charge is -2.02. The Morgan fingerprint density at radius 1 is 1.67 bits per heavy atom. The van der Waals surface area contributed by atoms with Crippen LogP contribution in [-0.2, 0) is 11.8 Å². The molecule has 0 spiro atoms. The Bertz CT molecular complexity index is 566. The van der Waals surface area contributed by atoms with Gasteiger partial charge in [-0.05, 0) is 22.9 Å². The van der Waals surface area contributed by atoms with E-state index in [0.29, 0.717) is 15.5 Å². The van der Waals surface area contributed by atoms with Crippen LogP contribution in [0, 0.1) is 0 Å². The summed E-state index contributed by atoms with van der Waals surface area (Å²) in [4.78, 5) is 15.8. The van der Waals surface area contributed by atoms with E-state index in [2.05, 4.69) is 31.3 Å². The molecule has 2 aromatic rings. The zero-order valence-electron chi connectivity index (χ0n) is 9.81. The topological polar surface area (TPSA) is 69.0 Å². The van der Waals surface area contributed by atoms with Crippen LogP contribution in [-0.4, -0.2) is 27.3 Å². The van der Waals surface area contributed by atoms with Crippen molar-refractivity contribution >= 4 is 43.9 Å².